The third kappa shape index (κ3) is 5.83. The molecule has 2 aromatic heterocycles. The number of carbonyl (C=O) groups excluding carboxylic acids is 1. The van der Waals surface area contributed by atoms with Crippen molar-refractivity contribution in [2.24, 2.45) is 5.92 Å². The first-order valence-electron chi connectivity index (χ1n) is 14.6. The van der Waals surface area contributed by atoms with Gasteiger partial charge in [-0.3, -0.25) is 9.69 Å². The van der Waals surface area contributed by atoms with Crippen LogP contribution < -0.4 is 5.32 Å². The summed E-state index contributed by atoms with van der Waals surface area (Å²) in [5.41, 5.74) is 0. The number of fused-ring (bicyclic) bond motifs is 2. The van der Waals surface area contributed by atoms with Gasteiger partial charge in [0, 0.05) is 59.1 Å². The third-order valence-electron chi connectivity index (χ3n) is 9.09. The minimum Gasteiger partial charge on any atom is -0.348 e. The van der Waals surface area contributed by atoms with E-state index in [1.165, 1.54) is 22.6 Å². The number of rotatable bonds is 9. The van der Waals surface area contributed by atoms with Crippen molar-refractivity contribution >= 4 is 17.2 Å². The van der Waals surface area contributed by atoms with Crippen LogP contribution in [0.25, 0.3) is 0 Å². The van der Waals surface area contributed by atoms with Crippen LogP contribution in [0.2, 0.25) is 0 Å². The van der Waals surface area contributed by atoms with Crippen LogP contribution in [-0.2, 0) is 11.2 Å². The molecule has 38 heavy (non-hydrogen) atoms. The molecule has 1 aliphatic carbocycles. The van der Waals surface area contributed by atoms with E-state index in [0.717, 1.165) is 43.9 Å². The van der Waals surface area contributed by atoms with Crippen LogP contribution in [0, 0.1) is 12.8 Å². The molecule has 6 nitrogen and oxygen atoms in total. The number of hydrogen-bond acceptors (Lipinski definition) is 5. The van der Waals surface area contributed by atoms with Crippen molar-refractivity contribution in [3.05, 3.63) is 33.5 Å². The Balaban J connectivity index is 1.25. The van der Waals surface area contributed by atoms with Gasteiger partial charge in [0.15, 0.2) is 0 Å². The highest BCUT2D eigenvalue weighted by Crippen LogP contribution is 2.43. The fourth-order valence-electron chi connectivity index (χ4n) is 6.98. The minimum absolute atomic E-state index is 0.0528. The molecule has 9 heteroatoms. The number of amides is 1. The maximum absolute atomic E-state index is 13.7. The van der Waals surface area contributed by atoms with E-state index in [-0.39, 0.29) is 43.6 Å². The molecular formula is C29H43F2N5OS. The van der Waals surface area contributed by atoms with E-state index in [9.17, 15) is 13.6 Å². The number of aromatic nitrogens is 3. The van der Waals surface area contributed by atoms with Gasteiger partial charge in [0.05, 0.1) is 6.04 Å². The molecule has 5 rings (SSSR count). The predicted molar refractivity (Wildman–Crippen MR) is 147 cm³/mol. The lowest BCUT2D eigenvalue weighted by Crippen LogP contribution is -2.45. The monoisotopic (exact) mass is 547 g/mol. The lowest BCUT2D eigenvalue weighted by molar-refractivity contribution is -0.130. The third-order valence-corrected chi connectivity index (χ3v) is 10.4. The smallest absolute Gasteiger partial charge is 0.248 e. The van der Waals surface area contributed by atoms with Gasteiger partial charge in [-0.25, -0.2) is 8.78 Å². The van der Waals surface area contributed by atoms with Crippen molar-refractivity contribution in [1.29, 1.82) is 0 Å². The van der Waals surface area contributed by atoms with Crippen LogP contribution in [-0.4, -0.2) is 50.1 Å². The van der Waals surface area contributed by atoms with Crippen molar-refractivity contribution in [3.63, 3.8) is 0 Å². The van der Waals surface area contributed by atoms with Crippen LogP contribution >= 0.6 is 11.3 Å². The lowest BCUT2D eigenvalue weighted by atomic mass is 9.86. The molecule has 4 heterocycles. The van der Waals surface area contributed by atoms with Crippen LogP contribution in [0.5, 0.6) is 0 Å². The van der Waals surface area contributed by atoms with Crippen molar-refractivity contribution < 1.29 is 13.6 Å². The van der Waals surface area contributed by atoms with Gasteiger partial charge < -0.3 is 9.88 Å². The average molecular weight is 548 g/mol. The first-order chi connectivity index (χ1) is 18.1. The van der Waals surface area contributed by atoms with Crippen LogP contribution in [0.1, 0.15) is 118 Å². The summed E-state index contributed by atoms with van der Waals surface area (Å²) in [4.78, 5) is 18.3. The Labute approximate surface area is 229 Å². The topological polar surface area (TPSA) is 63.1 Å². The number of alkyl halides is 2. The van der Waals surface area contributed by atoms with Crippen molar-refractivity contribution in [2.45, 2.75) is 128 Å². The van der Waals surface area contributed by atoms with Gasteiger partial charge in [-0.1, -0.05) is 20.8 Å². The highest BCUT2D eigenvalue weighted by Gasteiger charge is 2.43. The maximum atomic E-state index is 13.7. The second-order valence-electron chi connectivity index (χ2n) is 12.0. The minimum atomic E-state index is -2.62. The molecule has 2 bridgehead atoms. The van der Waals surface area contributed by atoms with Gasteiger partial charge in [-0.15, -0.1) is 21.5 Å². The van der Waals surface area contributed by atoms with E-state index in [2.05, 4.69) is 64.8 Å². The van der Waals surface area contributed by atoms with Gasteiger partial charge in [0.2, 0.25) is 11.8 Å². The molecule has 0 radical (unpaired) electrons. The molecule has 1 amide bonds. The molecule has 2 unspecified atom stereocenters. The number of thiophene rings is 1. The zero-order valence-electron chi connectivity index (χ0n) is 23.3. The molecule has 2 aromatic rings. The first kappa shape index (κ1) is 27.7. The van der Waals surface area contributed by atoms with Gasteiger partial charge in [-0.2, -0.15) is 0 Å². The molecule has 3 aliphatic rings. The Kier molecular flexibility index (Phi) is 8.25. The van der Waals surface area contributed by atoms with E-state index in [4.69, 9.17) is 0 Å². The average Bonchev–Trinajstić information content (AvgIpc) is 3.57. The van der Waals surface area contributed by atoms with E-state index >= 15 is 0 Å². The number of piperidine rings is 1. The summed E-state index contributed by atoms with van der Waals surface area (Å²) in [6, 6.07) is 5.75. The summed E-state index contributed by atoms with van der Waals surface area (Å²) in [5, 5.41) is 12.2. The molecule has 1 N–H and O–H groups in total. The number of hydrogen-bond donors (Lipinski definition) is 1. The Morgan fingerprint density at radius 2 is 1.79 bits per heavy atom. The summed E-state index contributed by atoms with van der Waals surface area (Å²) in [5.74, 6) is -0.524. The number of nitrogens with zero attached hydrogens (tertiary/aromatic N) is 4. The van der Waals surface area contributed by atoms with Crippen LogP contribution in [0.3, 0.4) is 0 Å². The molecule has 210 valence electrons. The van der Waals surface area contributed by atoms with Gasteiger partial charge in [0.25, 0.3) is 0 Å². The van der Waals surface area contributed by atoms with Gasteiger partial charge in [0.1, 0.15) is 11.6 Å². The SMILES string of the molecule is CCc1ccc([C@H](CCN2C3CCC2CC(n2c(C)nnc2C(C)C)C3)NC(=O)C2CCC(F)(F)CC2)s1. The lowest BCUT2D eigenvalue weighted by Gasteiger charge is -2.40. The van der Waals surface area contributed by atoms with Crippen molar-refractivity contribution in [2.75, 3.05) is 6.54 Å². The fourth-order valence-corrected chi connectivity index (χ4v) is 8.02. The molecule has 0 aromatic carbocycles. The Morgan fingerprint density at radius 1 is 1.11 bits per heavy atom. The summed E-state index contributed by atoms with van der Waals surface area (Å²) in [7, 11) is 0. The molecular weight excluding hydrogens is 504 g/mol. The maximum Gasteiger partial charge on any atom is 0.248 e. The standard InChI is InChI=1S/C29H43F2N5OS/c1-5-24-8-9-26(38-24)25(32-28(37)20-10-13-29(30,31)14-11-20)12-15-35-21-6-7-22(35)17-23(16-21)36-19(4)33-34-27(36)18(2)3/h8-9,18,20-23,25H,5-7,10-17H2,1-4H3,(H,32,37)/t21?,22?,23?,25-/m0/s1. The normalized spacial score (nSPS) is 26.7. The van der Waals surface area contributed by atoms with Crippen molar-refractivity contribution in [3.8, 4) is 0 Å². The fraction of sp³-hybridized carbons (Fsp3) is 0.759. The summed E-state index contributed by atoms with van der Waals surface area (Å²) in [6.07, 6.45) is 6.65. The van der Waals surface area contributed by atoms with Gasteiger partial charge in [-0.05, 0) is 70.4 Å². The number of halogens is 2. The van der Waals surface area contributed by atoms with E-state index < -0.39 is 5.92 Å². The zero-order chi connectivity index (χ0) is 27.0. The number of nitrogens with one attached hydrogen (secondary N) is 1. The van der Waals surface area contributed by atoms with E-state index in [1.54, 1.807) is 11.3 Å². The quantitative estimate of drug-likeness (QED) is 0.385. The predicted octanol–water partition coefficient (Wildman–Crippen LogP) is 6.57. The number of carbonyl (C=O) groups is 1. The van der Waals surface area contributed by atoms with Crippen LogP contribution in [0.15, 0.2) is 12.1 Å². The second kappa shape index (κ2) is 11.3. The summed E-state index contributed by atoms with van der Waals surface area (Å²) in [6.45, 7) is 9.53. The zero-order valence-corrected chi connectivity index (χ0v) is 24.1. The summed E-state index contributed by atoms with van der Waals surface area (Å²) < 4.78 is 29.7. The van der Waals surface area contributed by atoms with Crippen LogP contribution in [0.4, 0.5) is 8.78 Å². The number of aryl methyl sites for hydroxylation is 2. The van der Waals surface area contributed by atoms with E-state index in [0.29, 0.717) is 24.0 Å². The molecule has 3 atom stereocenters. The molecule has 2 aliphatic heterocycles. The molecule has 2 saturated heterocycles. The molecule has 3 fully saturated rings. The van der Waals surface area contributed by atoms with Crippen molar-refractivity contribution in [1.82, 2.24) is 25.0 Å². The summed E-state index contributed by atoms with van der Waals surface area (Å²) >= 11 is 1.77. The molecule has 1 saturated carbocycles. The Hall–Kier alpha value is -1.87. The van der Waals surface area contributed by atoms with Gasteiger partial charge >= 0.3 is 0 Å². The second-order valence-corrected chi connectivity index (χ2v) is 13.2. The Bertz CT molecular complexity index is 1090. The van der Waals surface area contributed by atoms with E-state index in [1.807, 2.05) is 0 Å². The highest BCUT2D eigenvalue weighted by molar-refractivity contribution is 7.12. The molecule has 0 spiro atoms. The largest absolute Gasteiger partial charge is 0.348 e. The highest BCUT2D eigenvalue weighted by atomic mass is 32.1. The first-order valence-corrected chi connectivity index (χ1v) is 15.4. The Morgan fingerprint density at radius 3 is 2.39 bits per heavy atom.